The Morgan fingerprint density at radius 2 is 1.95 bits per heavy atom. The number of hydroxylamine groups is 1. The monoisotopic (exact) mass is 266 g/mol. The molecule has 0 saturated heterocycles. The highest BCUT2D eigenvalue weighted by Crippen LogP contribution is 2.06. The summed E-state index contributed by atoms with van der Waals surface area (Å²) in [6, 6.07) is 9.37. The molecule has 0 aliphatic rings. The lowest BCUT2D eigenvalue weighted by atomic mass is 10.2. The number of ether oxygens (including phenoxy) is 1. The van der Waals surface area contributed by atoms with E-state index >= 15 is 0 Å². The quantitative estimate of drug-likeness (QED) is 0.789. The summed E-state index contributed by atoms with van der Waals surface area (Å²) in [6.45, 7) is 2.15. The molecule has 19 heavy (non-hydrogen) atoms. The van der Waals surface area contributed by atoms with Crippen molar-refractivity contribution in [1.29, 1.82) is 0 Å². The fraction of sp³-hybridized carbons (Fsp3) is 0.385. The van der Waals surface area contributed by atoms with Crippen LogP contribution in [0.1, 0.15) is 12.5 Å². The van der Waals surface area contributed by atoms with E-state index in [4.69, 9.17) is 4.74 Å². The summed E-state index contributed by atoms with van der Waals surface area (Å²) < 4.78 is 4.92. The van der Waals surface area contributed by atoms with Crippen LogP contribution in [0, 0.1) is 0 Å². The molecule has 0 aliphatic carbocycles. The molecule has 2 amide bonds. The molecule has 0 aromatic heterocycles. The van der Waals surface area contributed by atoms with E-state index in [1.54, 1.807) is 6.92 Å². The maximum atomic E-state index is 11.8. The van der Waals surface area contributed by atoms with Crippen molar-refractivity contribution in [3.05, 3.63) is 35.9 Å². The van der Waals surface area contributed by atoms with Gasteiger partial charge >= 0.3 is 6.09 Å². The molecular weight excluding hydrogens is 248 g/mol. The van der Waals surface area contributed by atoms with E-state index < -0.39 is 12.0 Å². The molecule has 6 heteroatoms. The average molecular weight is 266 g/mol. The lowest BCUT2D eigenvalue weighted by molar-refractivity contribution is -0.132. The number of hydrogen-bond acceptors (Lipinski definition) is 4. The van der Waals surface area contributed by atoms with Gasteiger partial charge in [-0.1, -0.05) is 30.3 Å². The molecule has 0 atom stereocenters. The van der Waals surface area contributed by atoms with Gasteiger partial charge in [0.1, 0.15) is 6.54 Å². The van der Waals surface area contributed by atoms with E-state index in [0.29, 0.717) is 6.54 Å². The number of carbonyl (C=O) groups is 2. The first-order valence-corrected chi connectivity index (χ1v) is 5.94. The van der Waals surface area contributed by atoms with Crippen LogP contribution >= 0.6 is 0 Å². The molecule has 104 valence electrons. The van der Waals surface area contributed by atoms with Crippen LogP contribution in [-0.4, -0.2) is 37.2 Å². The van der Waals surface area contributed by atoms with Crippen LogP contribution in [0.15, 0.2) is 30.3 Å². The zero-order chi connectivity index (χ0) is 14.1. The predicted molar refractivity (Wildman–Crippen MR) is 69.0 cm³/mol. The highest BCUT2D eigenvalue weighted by Gasteiger charge is 2.18. The van der Waals surface area contributed by atoms with E-state index in [2.05, 4.69) is 10.3 Å². The summed E-state index contributed by atoms with van der Waals surface area (Å²) in [5.41, 5.74) is 3.09. The fourth-order valence-corrected chi connectivity index (χ4v) is 1.52. The molecule has 0 aliphatic heterocycles. The first kappa shape index (κ1) is 15.0. The highest BCUT2D eigenvalue weighted by atomic mass is 16.6. The summed E-state index contributed by atoms with van der Waals surface area (Å²) in [6.07, 6.45) is -0.530. The molecule has 0 bridgehead atoms. The Balaban J connectivity index is 2.69. The largest absolute Gasteiger partial charge is 0.450 e. The number of benzene rings is 1. The minimum absolute atomic E-state index is 0.123. The van der Waals surface area contributed by atoms with Gasteiger partial charge in [0.15, 0.2) is 0 Å². The van der Waals surface area contributed by atoms with Crippen LogP contribution in [0.25, 0.3) is 0 Å². The zero-order valence-corrected chi connectivity index (χ0v) is 11.1. The molecule has 0 radical (unpaired) electrons. The summed E-state index contributed by atoms with van der Waals surface area (Å²) in [5.74, 6) is -0.411. The number of rotatable bonds is 6. The van der Waals surface area contributed by atoms with Gasteiger partial charge in [-0.05, 0) is 12.5 Å². The summed E-state index contributed by atoms with van der Waals surface area (Å²) in [5, 5.41) is 0. The van der Waals surface area contributed by atoms with Crippen molar-refractivity contribution in [2.75, 3.05) is 20.3 Å². The molecule has 1 N–H and O–H groups in total. The van der Waals surface area contributed by atoms with Gasteiger partial charge in [0.25, 0.3) is 5.91 Å². The molecule has 0 fully saturated rings. The minimum atomic E-state index is -0.530. The average Bonchev–Trinajstić information content (AvgIpc) is 2.40. The molecule has 1 aromatic carbocycles. The summed E-state index contributed by atoms with van der Waals surface area (Å²) >= 11 is 0. The Kier molecular flexibility index (Phi) is 6.38. The second kappa shape index (κ2) is 8.10. The normalized spacial score (nSPS) is 9.79. The van der Waals surface area contributed by atoms with Crippen LogP contribution in [0.4, 0.5) is 4.79 Å². The Morgan fingerprint density at radius 1 is 1.26 bits per heavy atom. The third kappa shape index (κ3) is 5.39. The first-order valence-electron chi connectivity index (χ1n) is 5.94. The van der Waals surface area contributed by atoms with E-state index in [9.17, 15) is 9.59 Å². The first-order chi connectivity index (χ1) is 9.17. The van der Waals surface area contributed by atoms with E-state index in [1.807, 2.05) is 30.3 Å². The Labute approximate surface area is 112 Å². The maximum Gasteiger partial charge on any atom is 0.410 e. The standard InChI is InChI=1S/C13H18N2O4/c1-3-19-13(17)15(10-12(16)14-18-2)9-11-7-5-4-6-8-11/h4-8H,3,9-10H2,1-2H3,(H,14,16). The fourth-order valence-electron chi connectivity index (χ4n) is 1.52. The van der Waals surface area contributed by atoms with Gasteiger partial charge in [0.05, 0.1) is 13.7 Å². The molecule has 1 aromatic rings. The van der Waals surface area contributed by atoms with Crippen LogP contribution in [0.5, 0.6) is 0 Å². The highest BCUT2D eigenvalue weighted by molar-refractivity contribution is 5.81. The van der Waals surface area contributed by atoms with Gasteiger partial charge < -0.3 is 4.74 Å². The van der Waals surface area contributed by atoms with Crippen LogP contribution in [0.3, 0.4) is 0 Å². The SMILES string of the molecule is CCOC(=O)N(CC(=O)NOC)Cc1ccccc1. The zero-order valence-electron chi connectivity index (χ0n) is 11.1. The Hall–Kier alpha value is -2.08. The Bertz CT molecular complexity index is 408. The second-order valence-electron chi connectivity index (χ2n) is 3.77. The molecular formula is C13H18N2O4. The van der Waals surface area contributed by atoms with Crippen LogP contribution < -0.4 is 5.48 Å². The van der Waals surface area contributed by atoms with Gasteiger partial charge in [-0.25, -0.2) is 10.3 Å². The summed E-state index contributed by atoms with van der Waals surface area (Å²) in [4.78, 5) is 29.1. The van der Waals surface area contributed by atoms with E-state index in [1.165, 1.54) is 12.0 Å². The van der Waals surface area contributed by atoms with Crippen molar-refractivity contribution in [1.82, 2.24) is 10.4 Å². The van der Waals surface area contributed by atoms with Crippen LogP contribution in [-0.2, 0) is 20.9 Å². The van der Waals surface area contributed by atoms with Crippen molar-refractivity contribution in [2.45, 2.75) is 13.5 Å². The molecule has 0 spiro atoms. The maximum absolute atomic E-state index is 11.8. The van der Waals surface area contributed by atoms with Gasteiger partial charge in [-0.2, -0.15) is 0 Å². The van der Waals surface area contributed by atoms with Crippen molar-refractivity contribution < 1.29 is 19.2 Å². The lowest BCUT2D eigenvalue weighted by Crippen LogP contribution is -2.40. The van der Waals surface area contributed by atoms with Crippen molar-refractivity contribution >= 4 is 12.0 Å². The lowest BCUT2D eigenvalue weighted by Gasteiger charge is -2.21. The Morgan fingerprint density at radius 3 is 2.53 bits per heavy atom. The minimum Gasteiger partial charge on any atom is -0.450 e. The van der Waals surface area contributed by atoms with E-state index in [0.717, 1.165) is 5.56 Å². The second-order valence-corrected chi connectivity index (χ2v) is 3.77. The number of nitrogens with one attached hydrogen (secondary N) is 1. The number of nitrogens with zero attached hydrogens (tertiary/aromatic N) is 1. The molecule has 6 nitrogen and oxygen atoms in total. The third-order valence-corrected chi connectivity index (χ3v) is 2.29. The molecule has 0 saturated carbocycles. The van der Waals surface area contributed by atoms with Crippen molar-refractivity contribution in [2.24, 2.45) is 0 Å². The number of amides is 2. The molecule has 1 rings (SSSR count). The summed E-state index contributed by atoms with van der Waals surface area (Å²) in [7, 11) is 1.34. The van der Waals surface area contributed by atoms with Gasteiger partial charge in [-0.15, -0.1) is 0 Å². The number of carbonyl (C=O) groups excluding carboxylic acids is 2. The van der Waals surface area contributed by atoms with Gasteiger partial charge in [-0.3, -0.25) is 14.5 Å². The molecule has 0 unspecified atom stereocenters. The predicted octanol–water partition coefficient (Wildman–Crippen LogP) is 1.32. The van der Waals surface area contributed by atoms with Gasteiger partial charge in [0, 0.05) is 6.54 Å². The number of hydrogen-bond donors (Lipinski definition) is 1. The van der Waals surface area contributed by atoms with Crippen molar-refractivity contribution in [3.63, 3.8) is 0 Å². The van der Waals surface area contributed by atoms with Crippen LogP contribution in [0.2, 0.25) is 0 Å². The van der Waals surface area contributed by atoms with E-state index in [-0.39, 0.29) is 13.2 Å². The third-order valence-electron chi connectivity index (χ3n) is 2.29. The van der Waals surface area contributed by atoms with Crippen molar-refractivity contribution in [3.8, 4) is 0 Å². The van der Waals surface area contributed by atoms with Gasteiger partial charge in [0.2, 0.25) is 0 Å². The molecule has 0 heterocycles. The topological polar surface area (TPSA) is 67.9 Å². The smallest absolute Gasteiger partial charge is 0.410 e.